The summed E-state index contributed by atoms with van der Waals surface area (Å²) in [6.07, 6.45) is -4.38. The molecule has 0 heterocycles. The van der Waals surface area contributed by atoms with Gasteiger partial charge in [0.25, 0.3) is 0 Å². The SMILES string of the molecule is Cc1cc(Cl)cc(CCl)c1C(F)(F)F. The maximum Gasteiger partial charge on any atom is 0.416 e. The van der Waals surface area contributed by atoms with Crippen LogP contribution in [0, 0.1) is 6.92 Å². The van der Waals surface area contributed by atoms with Crippen LogP contribution in [0.25, 0.3) is 0 Å². The molecule has 1 aromatic carbocycles. The molecule has 0 fully saturated rings. The first kappa shape index (κ1) is 11.7. The van der Waals surface area contributed by atoms with Gasteiger partial charge in [-0.2, -0.15) is 13.2 Å². The van der Waals surface area contributed by atoms with E-state index in [-0.39, 0.29) is 22.0 Å². The Morgan fingerprint density at radius 2 is 1.86 bits per heavy atom. The van der Waals surface area contributed by atoms with E-state index < -0.39 is 11.7 Å². The molecule has 0 aliphatic carbocycles. The van der Waals surface area contributed by atoms with E-state index in [1.54, 1.807) is 0 Å². The molecule has 0 nitrogen and oxygen atoms in total. The molecule has 0 bridgehead atoms. The van der Waals surface area contributed by atoms with Gasteiger partial charge in [0.1, 0.15) is 0 Å². The lowest BCUT2D eigenvalue weighted by atomic mass is 10.0. The van der Waals surface area contributed by atoms with Gasteiger partial charge in [0, 0.05) is 10.9 Å². The average Bonchev–Trinajstić information content (AvgIpc) is 1.99. The summed E-state index contributed by atoms with van der Waals surface area (Å²) in [5.74, 6) is -0.198. The predicted octanol–water partition coefficient (Wildman–Crippen LogP) is 4.41. The molecule has 0 N–H and O–H groups in total. The molecule has 78 valence electrons. The van der Waals surface area contributed by atoms with Crippen molar-refractivity contribution in [2.75, 3.05) is 0 Å². The third-order valence-electron chi connectivity index (χ3n) is 1.81. The highest BCUT2D eigenvalue weighted by atomic mass is 35.5. The fraction of sp³-hybridized carbons (Fsp3) is 0.333. The van der Waals surface area contributed by atoms with Gasteiger partial charge in [0.2, 0.25) is 0 Å². The Kier molecular flexibility index (Phi) is 3.32. The van der Waals surface area contributed by atoms with Gasteiger partial charge in [-0.25, -0.2) is 0 Å². The van der Waals surface area contributed by atoms with E-state index >= 15 is 0 Å². The van der Waals surface area contributed by atoms with E-state index in [1.807, 2.05) is 0 Å². The third-order valence-corrected chi connectivity index (χ3v) is 2.32. The van der Waals surface area contributed by atoms with Gasteiger partial charge in [-0.05, 0) is 30.2 Å². The first-order valence-corrected chi connectivity index (χ1v) is 4.69. The molecule has 1 rings (SSSR count). The zero-order chi connectivity index (χ0) is 10.9. The van der Waals surface area contributed by atoms with E-state index in [4.69, 9.17) is 23.2 Å². The fourth-order valence-electron chi connectivity index (χ4n) is 1.32. The minimum atomic E-state index is -4.38. The zero-order valence-electron chi connectivity index (χ0n) is 7.25. The second-order valence-electron chi connectivity index (χ2n) is 2.89. The lowest BCUT2D eigenvalue weighted by Crippen LogP contribution is -2.10. The number of hydrogen-bond donors (Lipinski definition) is 0. The number of hydrogen-bond acceptors (Lipinski definition) is 0. The Hall–Kier alpha value is -0.410. The molecule has 0 aliphatic rings. The second-order valence-corrected chi connectivity index (χ2v) is 3.59. The highest BCUT2D eigenvalue weighted by Gasteiger charge is 2.34. The number of benzene rings is 1. The molecule has 0 radical (unpaired) electrons. The van der Waals surface area contributed by atoms with Crippen LogP contribution in [0.4, 0.5) is 13.2 Å². The zero-order valence-corrected chi connectivity index (χ0v) is 8.76. The molecule has 0 spiro atoms. The van der Waals surface area contributed by atoms with E-state index in [2.05, 4.69) is 0 Å². The van der Waals surface area contributed by atoms with Crippen molar-refractivity contribution in [1.29, 1.82) is 0 Å². The van der Waals surface area contributed by atoms with Gasteiger partial charge in [-0.3, -0.25) is 0 Å². The van der Waals surface area contributed by atoms with Crippen LogP contribution in [-0.4, -0.2) is 0 Å². The highest BCUT2D eigenvalue weighted by molar-refractivity contribution is 6.30. The van der Waals surface area contributed by atoms with Crippen molar-refractivity contribution >= 4 is 23.2 Å². The normalized spacial score (nSPS) is 11.9. The van der Waals surface area contributed by atoms with Gasteiger partial charge >= 0.3 is 6.18 Å². The first-order chi connectivity index (χ1) is 6.36. The smallest absolute Gasteiger partial charge is 0.166 e. The molecule has 0 aliphatic heterocycles. The van der Waals surface area contributed by atoms with E-state index in [9.17, 15) is 13.2 Å². The Morgan fingerprint density at radius 3 is 2.29 bits per heavy atom. The summed E-state index contributed by atoms with van der Waals surface area (Å²) in [6.45, 7) is 1.37. The average molecular weight is 243 g/mol. The van der Waals surface area contributed by atoms with Gasteiger partial charge in [0.05, 0.1) is 5.56 Å². The molecule has 0 amide bonds. The van der Waals surface area contributed by atoms with Crippen LogP contribution >= 0.6 is 23.2 Å². The molecule has 0 saturated heterocycles. The molecule has 0 unspecified atom stereocenters. The van der Waals surface area contributed by atoms with E-state index in [0.717, 1.165) is 0 Å². The van der Waals surface area contributed by atoms with Gasteiger partial charge < -0.3 is 0 Å². The lowest BCUT2D eigenvalue weighted by molar-refractivity contribution is -0.138. The van der Waals surface area contributed by atoms with Crippen molar-refractivity contribution in [2.45, 2.75) is 19.0 Å². The van der Waals surface area contributed by atoms with Crippen LogP contribution in [0.5, 0.6) is 0 Å². The maximum atomic E-state index is 12.5. The fourth-order valence-corrected chi connectivity index (χ4v) is 1.83. The van der Waals surface area contributed by atoms with Crippen LogP contribution in [0.2, 0.25) is 5.02 Å². The maximum absolute atomic E-state index is 12.5. The summed E-state index contributed by atoms with van der Waals surface area (Å²) in [7, 11) is 0. The van der Waals surface area contributed by atoms with Crippen LogP contribution in [-0.2, 0) is 12.1 Å². The van der Waals surface area contributed by atoms with Crippen molar-refractivity contribution in [2.24, 2.45) is 0 Å². The lowest BCUT2D eigenvalue weighted by Gasteiger charge is -2.14. The second kappa shape index (κ2) is 3.99. The number of alkyl halides is 4. The topological polar surface area (TPSA) is 0 Å². The van der Waals surface area contributed by atoms with Crippen LogP contribution < -0.4 is 0 Å². The standard InChI is InChI=1S/C9H7Cl2F3/c1-5-2-7(11)3-6(4-10)8(5)9(12,13)14/h2-3H,4H2,1H3. The summed E-state index contributed by atoms with van der Waals surface area (Å²) in [4.78, 5) is 0. The summed E-state index contributed by atoms with van der Waals surface area (Å²) in [5.41, 5.74) is -0.568. The molecule has 0 aromatic heterocycles. The van der Waals surface area contributed by atoms with Crippen LogP contribution in [0.1, 0.15) is 16.7 Å². The summed E-state index contributed by atoms with van der Waals surface area (Å²) >= 11 is 11.0. The van der Waals surface area contributed by atoms with Gasteiger partial charge in [-0.1, -0.05) is 11.6 Å². The molecular formula is C9H7Cl2F3. The Morgan fingerprint density at radius 1 is 1.29 bits per heavy atom. The molecule has 1 aromatic rings. The highest BCUT2D eigenvalue weighted by Crippen LogP contribution is 2.36. The minimum Gasteiger partial charge on any atom is -0.166 e. The molecule has 0 saturated carbocycles. The van der Waals surface area contributed by atoms with E-state index in [0.29, 0.717) is 0 Å². The van der Waals surface area contributed by atoms with Crippen LogP contribution in [0.3, 0.4) is 0 Å². The summed E-state index contributed by atoms with van der Waals surface area (Å²) in [6, 6.07) is 2.52. The van der Waals surface area contributed by atoms with Crippen LogP contribution in [0.15, 0.2) is 12.1 Å². The first-order valence-electron chi connectivity index (χ1n) is 3.78. The van der Waals surface area contributed by atoms with Crippen molar-refractivity contribution in [1.82, 2.24) is 0 Å². The van der Waals surface area contributed by atoms with Gasteiger partial charge in [-0.15, -0.1) is 11.6 Å². The molecule has 5 heteroatoms. The number of rotatable bonds is 1. The minimum absolute atomic E-state index is 0.0177. The van der Waals surface area contributed by atoms with Crippen molar-refractivity contribution < 1.29 is 13.2 Å². The number of aryl methyl sites for hydroxylation is 1. The van der Waals surface area contributed by atoms with Crippen molar-refractivity contribution in [3.8, 4) is 0 Å². The molecular weight excluding hydrogens is 236 g/mol. The monoisotopic (exact) mass is 242 g/mol. The Balaban J connectivity index is 3.40. The Labute approximate surface area is 89.6 Å². The van der Waals surface area contributed by atoms with Crippen molar-refractivity contribution in [3.63, 3.8) is 0 Å². The Bertz CT molecular complexity index is 345. The van der Waals surface area contributed by atoms with Gasteiger partial charge in [0.15, 0.2) is 0 Å². The quantitative estimate of drug-likeness (QED) is 0.641. The van der Waals surface area contributed by atoms with E-state index in [1.165, 1.54) is 19.1 Å². The predicted molar refractivity (Wildman–Crippen MR) is 50.7 cm³/mol. The molecule has 0 atom stereocenters. The number of halogens is 5. The largest absolute Gasteiger partial charge is 0.416 e. The molecule has 14 heavy (non-hydrogen) atoms. The summed E-state index contributed by atoms with van der Waals surface area (Å²) < 4.78 is 37.6. The van der Waals surface area contributed by atoms with Crippen molar-refractivity contribution in [3.05, 3.63) is 33.8 Å². The third kappa shape index (κ3) is 2.34. The summed E-state index contributed by atoms with van der Waals surface area (Å²) in [5, 5.41) is 0.270.